The standard InChI is InChI=1S/C14H8F6N2/c15-13(16,17)9-3-1-5-11(7-9)21-22-12-6-2-4-10(8-12)14(18,19)20/h1-8H. The van der Waals surface area contributed by atoms with E-state index in [9.17, 15) is 26.3 Å². The summed E-state index contributed by atoms with van der Waals surface area (Å²) in [6.07, 6.45) is -9.05. The molecule has 0 amide bonds. The zero-order chi connectivity index (χ0) is 16.4. The maximum atomic E-state index is 12.5. The first-order valence-electron chi connectivity index (χ1n) is 5.92. The van der Waals surface area contributed by atoms with Gasteiger partial charge in [-0.25, -0.2) is 0 Å². The van der Waals surface area contributed by atoms with E-state index in [1.165, 1.54) is 12.1 Å². The van der Waals surface area contributed by atoms with Gasteiger partial charge in [0.2, 0.25) is 0 Å². The number of hydrogen-bond acceptors (Lipinski definition) is 2. The summed E-state index contributed by atoms with van der Waals surface area (Å²) in [6.45, 7) is 0. The summed E-state index contributed by atoms with van der Waals surface area (Å²) in [6, 6.07) is 8.08. The molecular weight excluding hydrogens is 310 g/mol. The number of halogens is 6. The Morgan fingerprint density at radius 1 is 0.591 bits per heavy atom. The highest BCUT2D eigenvalue weighted by Gasteiger charge is 2.31. The van der Waals surface area contributed by atoms with Crippen molar-refractivity contribution in [2.45, 2.75) is 12.4 Å². The van der Waals surface area contributed by atoms with E-state index in [-0.39, 0.29) is 11.4 Å². The van der Waals surface area contributed by atoms with Crippen LogP contribution < -0.4 is 0 Å². The molecule has 0 aliphatic heterocycles. The van der Waals surface area contributed by atoms with E-state index in [1.807, 2.05) is 0 Å². The van der Waals surface area contributed by atoms with E-state index in [0.717, 1.165) is 36.4 Å². The first kappa shape index (κ1) is 16.0. The SMILES string of the molecule is FC(F)(F)c1cccc(N=Nc2cccc(C(F)(F)F)c2)c1. The van der Waals surface area contributed by atoms with E-state index in [0.29, 0.717) is 0 Å². The highest BCUT2D eigenvalue weighted by atomic mass is 19.4. The Morgan fingerprint density at radius 3 is 1.27 bits per heavy atom. The molecule has 0 saturated heterocycles. The average molecular weight is 318 g/mol. The van der Waals surface area contributed by atoms with Crippen molar-refractivity contribution in [3.63, 3.8) is 0 Å². The second-order valence-corrected chi connectivity index (χ2v) is 4.30. The Labute approximate surface area is 121 Å². The summed E-state index contributed by atoms with van der Waals surface area (Å²) in [7, 11) is 0. The maximum absolute atomic E-state index is 12.5. The third-order valence-electron chi connectivity index (χ3n) is 2.63. The Hall–Kier alpha value is -2.38. The highest BCUT2D eigenvalue weighted by molar-refractivity contribution is 5.44. The second kappa shape index (κ2) is 5.78. The molecule has 0 aliphatic rings. The minimum Gasteiger partial charge on any atom is -0.166 e. The number of nitrogens with zero attached hydrogens (tertiary/aromatic N) is 2. The van der Waals surface area contributed by atoms with Crippen LogP contribution in [-0.4, -0.2) is 0 Å². The summed E-state index contributed by atoms with van der Waals surface area (Å²) in [4.78, 5) is 0. The largest absolute Gasteiger partial charge is 0.416 e. The number of rotatable bonds is 2. The van der Waals surface area contributed by atoms with E-state index >= 15 is 0 Å². The third-order valence-corrected chi connectivity index (χ3v) is 2.63. The van der Waals surface area contributed by atoms with Crippen molar-refractivity contribution < 1.29 is 26.3 Å². The summed E-state index contributed by atoms with van der Waals surface area (Å²) in [5.41, 5.74) is -2.03. The lowest BCUT2D eigenvalue weighted by Crippen LogP contribution is -2.03. The monoisotopic (exact) mass is 318 g/mol. The third kappa shape index (κ3) is 4.06. The molecule has 2 aromatic rings. The molecule has 116 valence electrons. The van der Waals surface area contributed by atoms with Crippen molar-refractivity contribution in [3.05, 3.63) is 59.7 Å². The van der Waals surface area contributed by atoms with Crippen LogP contribution in [0.25, 0.3) is 0 Å². The zero-order valence-electron chi connectivity index (χ0n) is 10.8. The lowest BCUT2D eigenvalue weighted by molar-refractivity contribution is -0.138. The van der Waals surface area contributed by atoms with Gasteiger partial charge in [-0.3, -0.25) is 0 Å². The molecule has 0 atom stereocenters. The Morgan fingerprint density at radius 2 is 0.955 bits per heavy atom. The van der Waals surface area contributed by atoms with Gasteiger partial charge in [0.25, 0.3) is 0 Å². The number of alkyl halides is 6. The van der Waals surface area contributed by atoms with Crippen molar-refractivity contribution in [1.29, 1.82) is 0 Å². The molecule has 0 spiro atoms. The smallest absolute Gasteiger partial charge is 0.166 e. The quantitative estimate of drug-likeness (QED) is 0.469. The van der Waals surface area contributed by atoms with Gasteiger partial charge in [-0.2, -0.15) is 36.6 Å². The summed E-state index contributed by atoms with van der Waals surface area (Å²) >= 11 is 0. The van der Waals surface area contributed by atoms with E-state index in [1.54, 1.807) is 0 Å². The van der Waals surface area contributed by atoms with Crippen LogP contribution in [0.15, 0.2) is 58.8 Å². The fourth-order valence-corrected chi connectivity index (χ4v) is 1.60. The molecule has 2 nitrogen and oxygen atoms in total. The van der Waals surface area contributed by atoms with Gasteiger partial charge in [-0.15, -0.1) is 0 Å². The fourth-order valence-electron chi connectivity index (χ4n) is 1.60. The zero-order valence-corrected chi connectivity index (χ0v) is 10.8. The summed E-state index contributed by atoms with van der Waals surface area (Å²) in [5.74, 6) is 0. The number of hydrogen-bond donors (Lipinski definition) is 0. The van der Waals surface area contributed by atoms with Gasteiger partial charge >= 0.3 is 12.4 Å². The van der Waals surface area contributed by atoms with Crippen molar-refractivity contribution in [3.8, 4) is 0 Å². The second-order valence-electron chi connectivity index (χ2n) is 4.30. The van der Waals surface area contributed by atoms with E-state index in [4.69, 9.17) is 0 Å². The van der Waals surface area contributed by atoms with Gasteiger partial charge in [0, 0.05) is 0 Å². The van der Waals surface area contributed by atoms with Crippen LogP contribution in [0.2, 0.25) is 0 Å². The van der Waals surface area contributed by atoms with Crippen LogP contribution in [0.5, 0.6) is 0 Å². The molecule has 0 saturated carbocycles. The Kier molecular flexibility index (Phi) is 4.20. The van der Waals surface area contributed by atoms with Crippen molar-refractivity contribution in [2.75, 3.05) is 0 Å². The minimum absolute atomic E-state index is 0.104. The van der Waals surface area contributed by atoms with Gasteiger partial charge in [0.15, 0.2) is 0 Å². The molecule has 2 aromatic carbocycles. The molecule has 2 rings (SSSR count). The van der Waals surface area contributed by atoms with Gasteiger partial charge in [-0.1, -0.05) is 12.1 Å². The van der Waals surface area contributed by atoms with Gasteiger partial charge in [-0.05, 0) is 36.4 Å². The molecule has 0 bridgehead atoms. The van der Waals surface area contributed by atoms with E-state index in [2.05, 4.69) is 10.2 Å². The topological polar surface area (TPSA) is 24.7 Å². The molecule has 0 radical (unpaired) electrons. The highest BCUT2D eigenvalue weighted by Crippen LogP contribution is 2.33. The Balaban J connectivity index is 2.26. The molecule has 22 heavy (non-hydrogen) atoms. The van der Waals surface area contributed by atoms with E-state index < -0.39 is 23.5 Å². The van der Waals surface area contributed by atoms with Gasteiger partial charge in [0.1, 0.15) is 0 Å². The Bertz CT molecular complexity index is 629. The predicted octanol–water partition coefficient (Wildman–Crippen LogP) is 6.14. The van der Waals surface area contributed by atoms with Crippen LogP contribution in [0, 0.1) is 0 Å². The van der Waals surface area contributed by atoms with Gasteiger partial charge < -0.3 is 0 Å². The summed E-state index contributed by atoms with van der Waals surface area (Å²) < 4.78 is 75.1. The van der Waals surface area contributed by atoms with Gasteiger partial charge in [0.05, 0.1) is 22.5 Å². The van der Waals surface area contributed by atoms with Crippen molar-refractivity contribution >= 4 is 11.4 Å². The molecule has 8 heteroatoms. The van der Waals surface area contributed by atoms with Crippen molar-refractivity contribution in [2.24, 2.45) is 10.2 Å². The average Bonchev–Trinajstić information content (AvgIpc) is 2.44. The fraction of sp³-hybridized carbons (Fsp3) is 0.143. The minimum atomic E-state index is -4.53. The molecule has 0 aliphatic carbocycles. The van der Waals surface area contributed by atoms with Crippen LogP contribution in [0.3, 0.4) is 0 Å². The summed E-state index contributed by atoms with van der Waals surface area (Å²) in [5, 5.41) is 7.06. The van der Waals surface area contributed by atoms with Crippen LogP contribution in [0.4, 0.5) is 37.7 Å². The van der Waals surface area contributed by atoms with Crippen LogP contribution in [-0.2, 0) is 12.4 Å². The predicted molar refractivity (Wildman–Crippen MR) is 67.1 cm³/mol. The van der Waals surface area contributed by atoms with Crippen molar-refractivity contribution in [1.82, 2.24) is 0 Å². The molecular formula is C14H8F6N2. The number of azo groups is 1. The first-order valence-corrected chi connectivity index (χ1v) is 5.92. The normalized spacial score (nSPS) is 12.8. The molecule has 0 N–H and O–H groups in total. The molecule has 0 aromatic heterocycles. The van der Waals surface area contributed by atoms with Crippen LogP contribution >= 0.6 is 0 Å². The molecule has 0 unspecified atom stereocenters. The molecule has 0 heterocycles. The van der Waals surface area contributed by atoms with Crippen LogP contribution in [0.1, 0.15) is 11.1 Å². The lowest BCUT2D eigenvalue weighted by Gasteiger charge is -2.07. The molecule has 0 fully saturated rings. The number of benzene rings is 2. The first-order chi connectivity index (χ1) is 10.2. The maximum Gasteiger partial charge on any atom is 0.416 e. The lowest BCUT2D eigenvalue weighted by atomic mass is 10.2.